The number of nitrogens with one attached hydrogen (secondary N) is 2. The number of benzene rings is 2. The molecule has 1 amide bonds. The van der Waals surface area contributed by atoms with Crippen molar-refractivity contribution >= 4 is 49.0 Å². The number of hydrogen-bond donors (Lipinski definition) is 2. The van der Waals surface area contributed by atoms with Gasteiger partial charge in [0, 0.05) is 28.8 Å². The van der Waals surface area contributed by atoms with Crippen molar-refractivity contribution in [3.63, 3.8) is 0 Å². The summed E-state index contributed by atoms with van der Waals surface area (Å²) < 4.78 is 42.5. The van der Waals surface area contributed by atoms with Gasteiger partial charge in [-0.3, -0.25) is 9.52 Å². The van der Waals surface area contributed by atoms with Crippen molar-refractivity contribution in [3.05, 3.63) is 72.1 Å². The van der Waals surface area contributed by atoms with Crippen LogP contribution in [0.15, 0.2) is 71.2 Å². The normalized spacial score (nSPS) is 11.5. The molecule has 2 heterocycles. The van der Waals surface area contributed by atoms with Gasteiger partial charge in [0.2, 0.25) is 5.91 Å². The second-order valence-electron chi connectivity index (χ2n) is 6.13. The lowest BCUT2D eigenvalue weighted by Gasteiger charge is -2.09. The number of rotatable bonds is 6. The summed E-state index contributed by atoms with van der Waals surface area (Å²) in [5.41, 5.74) is 1.07. The van der Waals surface area contributed by atoms with Crippen LogP contribution in [0, 0.1) is 5.82 Å². The van der Waals surface area contributed by atoms with E-state index in [4.69, 9.17) is 0 Å². The molecule has 2 aromatic carbocycles. The van der Waals surface area contributed by atoms with Gasteiger partial charge in [-0.2, -0.15) is 0 Å². The Balaban J connectivity index is 1.44. The Bertz CT molecular complexity index is 1270. The van der Waals surface area contributed by atoms with E-state index in [0.717, 1.165) is 0 Å². The highest BCUT2D eigenvalue weighted by atomic mass is 32.2. The highest BCUT2D eigenvalue weighted by Crippen LogP contribution is 2.21. The van der Waals surface area contributed by atoms with Gasteiger partial charge in [0.1, 0.15) is 12.4 Å². The maximum Gasteiger partial charge on any atom is 0.263 e. The van der Waals surface area contributed by atoms with Crippen LogP contribution < -0.4 is 10.0 Å². The summed E-state index contributed by atoms with van der Waals surface area (Å²) in [6.07, 6.45) is 3.15. The molecular weight excluding hydrogens is 415 g/mol. The van der Waals surface area contributed by atoms with Crippen LogP contribution in [0.2, 0.25) is 0 Å². The number of carbonyl (C=O) groups is 1. The van der Waals surface area contributed by atoms with E-state index in [0.29, 0.717) is 16.6 Å². The minimum Gasteiger partial charge on any atom is -0.338 e. The SMILES string of the molecule is O=C(Cn1ccc2c(F)cccc21)Nc1ccc(S(=O)(=O)Nc2nccs2)cc1. The number of thiazole rings is 1. The summed E-state index contributed by atoms with van der Waals surface area (Å²) in [7, 11) is -3.75. The molecular formula is C19H15FN4O3S2. The third kappa shape index (κ3) is 4.13. The van der Waals surface area contributed by atoms with Gasteiger partial charge < -0.3 is 9.88 Å². The van der Waals surface area contributed by atoms with Crippen LogP contribution in [0.1, 0.15) is 0 Å². The van der Waals surface area contributed by atoms with Gasteiger partial charge in [-0.25, -0.2) is 17.8 Å². The number of amides is 1. The van der Waals surface area contributed by atoms with E-state index in [9.17, 15) is 17.6 Å². The zero-order chi connectivity index (χ0) is 20.4. The molecule has 0 aliphatic carbocycles. The zero-order valence-corrected chi connectivity index (χ0v) is 16.5. The molecule has 0 aliphatic rings. The molecule has 0 unspecified atom stereocenters. The van der Waals surface area contributed by atoms with Gasteiger partial charge >= 0.3 is 0 Å². The number of aromatic nitrogens is 2. The number of carbonyl (C=O) groups excluding carboxylic acids is 1. The fraction of sp³-hybridized carbons (Fsp3) is 0.0526. The van der Waals surface area contributed by atoms with Crippen molar-refractivity contribution in [1.29, 1.82) is 0 Å². The summed E-state index contributed by atoms with van der Waals surface area (Å²) in [5.74, 6) is -0.659. The summed E-state index contributed by atoms with van der Waals surface area (Å²) in [4.78, 5) is 16.3. The number of anilines is 2. The van der Waals surface area contributed by atoms with Gasteiger partial charge in [0.05, 0.1) is 10.4 Å². The van der Waals surface area contributed by atoms with Crippen molar-refractivity contribution in [1.82, 2.24) is 9.55 Å². The first-order valence-corrected chi connectivity index (χ1v) is 10.8. The Kier molecular flexibility index (Phi) is 5.03. The van der Waals surface area contributed by atoms with E-state index in [-0.39, 0.29) is 28.3 Å². The fourth-order valence-corrected chi connectivity index (χ4v) is 4.63. The van der Waals surface area contributed by atoms with Gasteiger partial charge in [0.15, 0.2) is 5.13 Å². The lowest BCUT2D eigenvalue weighted by Crippen LogP contribution is -2.18. The van der Waals surface area contributed by atoms with Crippen LogP contribution in [0.3, 0.4) is 0 Å². The van der Waals surface area contributed by atoms with E-state index in [1.807, 2.05) is 0 Å². The molecule has 4 rings (SSSR count). The molecule has 0 aliphatic heterocycles. The molecule has 148 valence electrons. The topological polar surface area (TPSA) is 93.1 Å². The molecule has 0 saturated heterocycles. The predicted molar refractivity (Wildman–Crippen MR) is 110 cm³/mol. The van der Waals surface area contributed by atoms with Crippen molar-refractivity contribution in [2.24, 2.45) is 0 Å². The van der Waals surface area contributed by atoms with Gasteiger partial charge in [-0.1, -0.05) is 6.07 Å². The van der Waals surface area contributed by atoms with Crippen molar-refractivity contribution < 1.29 is 17.6 Å². The highest BCUT2D eigenvalue weighted by Gasteiger charge is 2.16. The van der Waals surface area contributed by atoms with Gasteiger partial charge in [0.25, 0.3) is 10.0 Å². The van der Waals surface area contributed by atoms with Crippen molar-refractivity contribution in [3.8, 4) is 0 Å². The monoisotopic (exact) mass is 430 g/mol. The van der Waals surface area contributed by atoms with E-state index >= 15 is 0 Å². The number of fused-ring (bicyclic) bond motifs is 1. The van der Waals surface area contributed by atoms with Crippen LogP contribution in [0.5, 0.6) is 0 Å². The van der Waals surface area contributed by atoms with E-state index in [1.54, 1.807) is 34.3 Å². The van der Waals surface area contributed by atoms with Gasteiger partial charge in [-0.05, 0) is 42.5 Å². The Hall–Kier alpha value is -3.24. The molecule has 0 bridgehead atoms. The van der Waals surface area contributed by atoms with Crippen LogP contribution in [-0.4, -0.2) is 23.9 Å². The molecule has 0 radical (unpaired) electrons. The number of halogens is 1. The minimum absolute atomic E-state index is 0.00138. The lowest BCUT2D eigenvalue weighted by atomic mass is 10.2. The first-order chi connectivity index (χ1) is 13.9. The highest BCUT2D eigenvalue weighted by molar-refractivity contribution is 7.93. The second kappa shape index (κ2) is 7.64. The maximum atomic E-state index is 13.8. The van der Waals surface area contributed by atoms with E-state index in [1.165, 1.54) is 47.9 Å². The molecule has 10 heteroatoms. The third-order valence-electron chi connectivity index (χ3n) is 4.18. The molecule has 4 aromatic rings. The maximum absolute atomic E-state index is 13.8. The predicted octanol–water partition coefficient (Wildman–Crippen LogP) is 3.68. The smallest absolute Gasteiger partial charge is 0.263 e. The summed E-state index contributed by atoms with van der Waals surface area (Å²) in [6, 6.07) is 12.1. The Morgan fingerprint density at radius 3 is 2.66 bits per heavy atom. The Morgan fingerprint density at radius 2 is 1.93 bits per heavy atom. The summed E-state index contributed by atoms with van der Waals surface area (Å²) in [6.45, 7) is -0.00138. The zero-order valence-electron chi connectivity index (χ0n) is 14.9. The molecule has 0 spiro atoms. The van der Waals surface area contributed by atoms with Crippen molar-refractivity contribution in [2.75, 3.05) is 10.0 Å². The average molecular weight is 430 g/mol. The lowest BCUT2D eigenvalue weighted by molar-refractivity contribution is -0.116. The third-order valence-corrected chi connectivity index (χ3v) is 6.35. The largest absolute Gasteiger partial charge is 0.338 e. The molecule has 0 fully saturated rings. The standard InChI is InChI=1S/C19H15FN4O3S2/c20-16-2-1-3-17-15(16)8-10-24(17)12-18(25)22-13-4-6-14(7-5-13)29(26,27)23-19-21-9-11-28-19/h1-11H,12H2,(H,21,23)(H,22,25). The number of hydrogen-bond acceptors (Lipinski definition) is 5. The number of nitrogens with zero attached hydrogens (tertiary/aromatic N) is 2. The molecule has 29 heavy (non-hydrogen) atoms. The van der Waals surface area contributed by atoms with Crippen LogP contribution in [-0.2, 0) is 21.4 Å². The quantitative estimate of drug-likeness (QED) is 0.488. The first kappa shape index (κ1) is 19.1. The van der Waals surface area contributed by atoms with Crippen LogP contribution in [0.4, 0.5) is 15.2 Å². The molecule has 7 nitrogen and oxygen atoms in total. The fourth-order valence-electron chi connectivity index (χ4n) is 2.84. The molecule has 2 aromatic heterocycles. The molecule has 2 N–H and O–H groups in total. The van der Waals surface area contributed by atoms with Crippen molar-refractivity contribution in [2.45, 2.75) is 11.4 Å². The molecule has 0 atom stereocenters. The van der Waals surface area contributed by atoms with Gasteiger partial charge in [-0.15, -0.1) is 11.3 Å². The van der Waals surface area contributed by atoms with Crippen LogP contribution in [0.25, 0.3) is 10.9 Å². The van der Waals surface area contributed by atoms with E-state index < -0.39 is 10.0 Å². The first-order valence-electron chi connectivity index (χ1n) is 8.48. The minimum atomic E-state index is -3.75. The second-order valence-corrected chi connectivity index (χ2v) is 8.71. The summed E-state index contributed by atoms with van der Waals surface area (Å²) in [5, 5.41) is 5.09. The molecule has 0 saturated carbocycles. The van der Waals surface area contributed by atoms with E-state index in [2.05, 4.69) is 15.0 Å². The Labute approximate surface area is 169 Å². The number of sulfonamides is 1. The summed E-state index contributed by atoms with van der Waals surface area (Å²) >= 11 is 1.18. The average Bonchev–Trinajstić information content (AvgIpc) is 3.33. The van der Waals surface area contributed by atoms with Crippen LogP contribution >= 0.6 is 11.3 Å². The Morgan fingerprint density at radius 1 is 1.14 bits per heavy atom.